The lowest BCUT2D eigenvalue weighted by molar-refractivity contribution is -0.143. The van der Waals surface area contributed by atoms with Crippen LogP contribution in [-0.2, 0) is 19.2 Å². The molecule has 31 heavy (non-hydrogen) atoms. The van der Waals surface area contributed by atoms with Crippen molar-refractivity contribution in [2.75, 3.05) is 6.54 Å². The van der Waals surface area contributed by atoms with Gasteiger partial charge in [0.05, 0.1) is 6.04 Å². The molecule has 0 saturated carbocycles. The summed E-state index contributed by atoms with van der Waals surface area (Å²) < 4.78 is 0. The van der Waals surface area contributed by atoms with E-state index < -0.39 is 47.9 Å². The zero-order valence-corrected chi connectivity index (χ0v) is 19.4. The molecule has 0 aliphatic carbocycles. The van der Waals surface area contributed by atoms with Gasteiger partial charge >= 0.3 is 5.97 Å². The van der Waals surface area contributed by atoms with Crippen molar-refractivity contribution >= 4 is 23.7 Å². The molecule has 0 aliphatic rings. The number of carbonyl (C=O) groups excluding carboxylic acids is 3. The topological polar surface area (TPSA) is 177 Å². The number of hydrogen-bond donors (Lipinski definition) is 6. The van der Waals surface area contributed by atoms with Crippen molar-refractivity contribution in [1.29, 1.82) is 0 Å². The Balaban J connectivity index is 5.42. The number of amides is 3. The van der Waals surface area contributed by atoms with Crippen LogP contribution < -0.4 is 27.4 Å². The molecule has 5 atom stereocenters. The van der Waals surface area contributed by atoms with Gasteiger partial charge in [-0.1, -0.05) is 34.1 Å². The molecule has 0 aromatic carbocycles. The third-order valence-corrected chi connectivity index (χ3v) is 5.11. The summed E-state index contributed by atoms with van der Waals surface area (Å²) in [5, 5.41) is 17.3. The quantitative estimate of drug-likeness (QED) is 0.194. The molecular weight excluding hydrogens is 402 g/mol. The predicted molar refractivity (Wildman–Crippen MR) is 119 cm³/mol. The average molecular weight is 444 g/mol. The summed E-state index contributed by atoms with van der Waals surface area (Å²) in [5.74, 6) is -2.80. The number of nitrogens with one attached hydrogen (secondary N) is 3. The Hall–Kier alpha value is -2.20. The van der Waals surface area contributed by atoms with E-state index >= 15 is 0 Å². The van der Waals surface area contributed by atoms with E-state index in [1.165, 1.54) is 6.92 Å². The van der Waals surface area contributed by atoms with Gasteiger partial charge in [0.1, 0.15) is 18.1 Å². The molecule has 0 radical (unpaired) electrons. The Bertz CT molecular complexity index is 597. The number of rotatable bonds is 15. The first-order valence-corrected chi connectivity index (χ1v) is 11.0. The highest BCUT2D eigenvalue weighted by molar-refractivity contribution is 5.94. The SMILES string of the molecule is CCC(C)C(NC(=O)C(CC(C)C)NC(=O)C(C)N)C(=O)NC(CCCCN)C(=O)O. The minimum atomic E-state index is -1.14. The van der Waals surface area contributed by atoms with Gasteiger partial charge in [-0.05, 0) is 51.0 Å². The molecule has 5 unspecified atom stereocenters. The Morgan fingerprint density at radius 2 is 1.45 bits per heavy atom. The van der Waals surface area contributed by atoms with Crippen molar-refractivity contribution in [1.82, 2.24) is 16.0 Å². The summed E-state index contributed by atoms with van der Waals surface area (Å²) in [6.45, 7) is 9.46. The lowest BCUT2D eigenvalue weighted by atomic mass is 9.96. The third kappa shape index (κ3) is 11.1. The van der Waals surface area contributed by atoms with Gasteiger partial charge in [0, 0.05) is 0 Å². The molecule has 0 spiro atoms. The van der Waals surface area contributed by atoms with Crippen molar-refractivity contribution in [2.24, 2.45) is 23.3 Å². The summed E-state index contributed by atoms with van der Waals surface area (Å²) in [6.07, 6.45) is 2.43. The normalized spacial score (nSPS) is 16.0. The molecule has 0 aromatic rings. The zero-order chi connectivity index (χ0) is 24.1. The highest BCUT2D eigenvalue weighted by atomic mass is 16.4. The molecule has 0 saturated heterocycles. The molecule has 10 heteroatoms. The van der Waals surface area contributed by atoms with Gasteiger partial charge < -0.3 is 32.5 Å². The molecule has 0 aromatic heterocycles. The summed E-state index contributed by atoms with van der Waals surface area (Å²) in [6, 6.07) is -3.62. The summed E-state index contributed by atoms with van der Waals surface area (Å²) in [4.78, 5) is 49.4. The van der Waals surface area contributed by atoms with Gasteiger partial charge in [-0.2, -0.15) is 0 Å². The molecule has 0 bridgehead atoms. The van der Waals surface area contributed by atoms with E-state index in [2.05, 4.69) is 16.0 Å². The highest BCUT2D eigenvalue weighted by Crippen LogP contribution is 2.12. The molecule has 0 fully saturated rings. The van der Waals surface area contributed by atoms with Crippen LogP contribution in [0.1, 0.15) is 66.7 Å². The van der Waals surface area contributed by atoms with Crippen LogP contribution in [0, 0.1) is 11.8 Å². The van der Waals surface area contributed by atoms with Crippen LogP contribution in [0.3, 0.4) is 0 Å². The van der Waals surface area contributed by atoms with Crippen LogP contribution in [0.2, 0.25) is 0 Å². The number of aliphatic carboxylic acids is 1. The molecule has 3 amide bonds. The Morgan fingerprint density at radius 3 is 1.90 bits per heavy atom. The minimum absolute atomic E-state index is 0.110. The number of carbonyl (C=O) groups is 4. The Labute approximate surface area is 185 Å². The van der Waals surface area contributed by atoms with Gasteiger partial charge in [0.25, 0.3) is 0 Å². The van der Waals surface area contributed by atoms with Gasteiger partial charge in [-0.3, -0.25) is 14.4 Å². The van der Waals surface area contributed by atoms with Crippen LogP contribution in [0.4, 0.5) is 0 Å². The second-order valence-corrected chi connectivity index (χ2v) is 8.54. The number of carboxylic acid groups (broad SMARTS) is 1. The monoisotopic (exact) mass is 443 g/mol. The van der Waals surface area contributed by atoms with Crippen LogP contribution in [-0.4, -0.2) is 59.5 Å². The summed E-state index contributed by atoms with van der Waals surface area (Å²) in [7, 11) is 0. The van der Waals surface area contributed by atoms with Crippen molar-refractivity contribution in [2.45, 2.75) is 90.9 Å². The number of unbranched alkanes of at least 4 members (excludes halogenated alkanes) is 1. The largest absolute Gasteiger partial charge is 0.480 e. The molecule has 0 aliphatic heterocycles. The predicted octanol–water partition coefficient (Wildman–Crippen LogP) is 0.0938. The standard InChI is InChI=1S/C21H41N5O5/c1-6-13(4)17(20(29)24-15(21(30)31)9-7-8-10-22)26-19(28)16(11-12(2)3)25-18(27)14(5)23/h12-17H,6-11,22-23H2,1-5H3,(H,24,29)(H,25,27)(H,26,28)(H,30,31). The van der Waals surface area contributed by atoms with Gasteiger partial charge in [-0.15, -0.1) is 0 Å². The fourth-order valence-corrected chi connectivity index (χ4v) is 2.97. The first-order chi connectivity index (χ1) is 14.4. The molecule has 180 valence electrons. The Kier molecular flexibility index (Phi) is 13.7. The van der Waals surface area contributed by atoms with E-state index in [4.69, 9.17) is 11.5 Å². The Morgan fingerprint density at radius 1 is 0.871 bits per heavy atom. The average Bonchev–Trinajstić information content (AvgIpc) is 2.69. The number of carboxylic acids is 1. The van der Waals surface area contributed by atoms with Crippen LogP contribution in [0.5, 0.6) is 0 Å². The van der Waals surface area contributed by atoms with Gasteiger partial charge in [-0.25, -0.2) is 4.79 Å². The van der Waals surface area contributed by atoms with E-state index in [1.807, 2.05) is 20.8 Å². The lowest BCUT2D eigenvalue weighted by Gasteiger charge is -2.28. The van der Waals surface area contributed by atoms with Gasteiger partial charge in [0.2, 0.25) is 17.7 Å². The van der Waals surface area contributed by atoms with Crippen LogP contribution >= 0.6 is 0 Å². The second kappa shape index (κ2) is 14.7. The summed E-state index contributed by atoms with van der Waals surface area (Å²) in [5.41, 5.74) is 11.0. The third-order valence-electron chi connectivity index (χ3n) is 5.11. The molecule has 0 rings (SSSR count). The van der Waals surface area contributed by atoms with Crippen LogP contribution in [0.25, 0.3) is 0 Å². The van der Waals surface area contributed by atoms with Crippen molar-refractivity contribution in [3.8, 4) is 0 Å². The van der Waals surface area contributed by atoms with Crippen molar-refractivity contribution < 1.29 is 24.3 Å². The van der Waals surface area contributed by atoms with Crippen molar-refractivity contribution in [3.05, 3.63) is 0 Å². The first-order valence-electron chi connectivity index (χ1n) is 11.0. The maximum atomic E-state index is 12.9. The van der Waals surface area contributed by atoms with Gasteiger partial charge in [0.15, 0.2) is 0 Å². The maximum Gasteiger partial charge on any atom is 0.326 e. The van der Waals surface area contributed by atoms with E-state index in [9.17, 15) is 24.3 Å². The number of nitrogens with two attached hydrogens (primary N) is 2. The fraction of sp³-hybridized carbons (Fsp3) is 0.810. The minimum Gasteiger partial charge on any atom is -0.480 e. The number of hydrogen-bond acceptors (Lipinski definition) is 6. The van der Waals surface area contributed by atoms with Crippen LogP contribution in [0.15, 0.2) is 0 Å². The smallest absolute Gasteiger partial charge is 0.326 e. The van der Waals surface area contributed by atoms with E-state index in [-0.39, 0.29) is 18.3 Å². The molecule has 10 nitrogen and oxygen atoms in total. The molecule has 0 heterocycles. The lowest BCUT2D eigenvalue weighted by Crippen LogP contribution is -2.58. The zero-order valence-electron chi connectivity index (χ0n) is 19.4. The van der Waals surface area contributed by atoms with Crippen molar-refractivity contribution in [3.63, 3.8) is 0 Å². The van der Waals surface area contributed by atoms with E-state index in [0.717, 1.165) is 0 Å². The van der Waals surface area contributed by atoms with E-state index in [1.54, 1.807) is 6.92 Å². The van der Waals surface area contributed by atoms with E-state index in [0.29, 0.717) is 32.2 Å². The first kappa shape index (κ1) is 28.8. The second-order valence-electron chi connectivity index (χ2n) is 8.54. The highest BCUT2D eigenvalue weighted by Gasteiger charge is 2.32. The summed E-state index contributed by atoms with van der Waals surface area (Å²) >= 11 is 0. The molecule has 8 N–H and O–H groups in total. The molecular formula is C21H41N5O5. The maximum absolute atomic E-state index is 12.9. The fourth-order valence-electron chi connectivity index (χ4n) is 2.97.